The fraction of sp³-hybridized carbons (Fsp3) is 0.556. The Bertz CT molecular complexity index is 1140. The van der Waals surface area contributed by atoms with Crippen molar-refractivity contribution in [1.29, 1.82) is 0 Å². The second kappa shape index (κ2) is 6.26. The third kappa shape index (κ3) is 2.35. The molecule has 8 heteroatoms. The van der Waals surface area contributed by atoms with Gasteiger partial charge in [-0.1, -0.05) is 13.3 Å². The summed E-state index contributed by atoms with van der Waals surface area (Å²) < 4.78 is 6.27. The molecule has 0 aliphatic rings. The molecule has 140 valence electrons. The van der Waals surface area contributed by atoms with Crippen molar-refractivity contribution < 1.29 is 4.79 Å². The minimum absolute atomic E-state index is 0.238. The van der Waals surface area contributed by atoms with E-state index in [0.717, 1.165) is 35.3 Å². The molecular weight excluding hydrogens is 334 g/mol. The Morgan fingerprint density at radius 1 is 1.19 bits per heavy atom. The highest BCUT2D eigenvalue weighted by Gasteiger charge is 2.25. The molecule has 26 heavy (non-hydrogen) atoms. The van der Waals surface area contributed by atoms with Crippen LogP contribution in [0.2, 0.25) is 0 Å². The SMILES string of the molecule is CCCCn1c(C)c(C)n2c3c(=O)n(C(C)C(C)=O)c(=O)n(C)c3nc12. The standard InChI is InChI=1S/C18H25N5O3/c1-7-8-9-21-10(2)11(3)22-14-15(19-17(21)22)20(6)18(26)23(16(14)25)12(4)13(5)24/h12H,7-9H2,1-6H3. The van der Waals surface area contributed by atoms with Gasteiger partial charge in [0.15, 0.2) is 16.9 Å². The summed E-state index contributed by atoms with van der Waals surface area (Å²) in [6, 6.07) is -0.820. The molecule has 0 aliphatic heterocycles. The van der Waals surface area contributed by atoms with Crippen LogP contribution in [0.5, 0.6) is 0 Å². The van der Waals surface area contributed by atoms with Crippen LogP contribution in [-0.4, -0.2) is 28.9 Å². The van der Waals surface area contributed by atoms with Gasteiger partial charge in [-0.3, -0.25) is 18.6 Å². The zero-order chi connectivity index (χ0) is 19.3. The lowest BCUT2D eigenvalue weighted by Gasteiger charge is -2.12. The van der Waals surface area contributed by atoms with E-state index in [1.54, 1.807) is 14.0 Å². The van der Waals surface area contributed by atoms with Crippen LogP contribution in [0, 0.1) is 13.8 Å². The van der Waals surface area contributed by atoms with Gasteiger partial charge in [0.05, 0.1) is 6.04 Å². The largest absolute Gasteiger partial charge is 0.333 e. The molecule has 0 saturated carbocycles. The molecular formula is C18H25N5O3. The van der Waals surface area contributed by atoms with Gasteiger partial charge in [-0.2, -0.15) is 4.98 Å². The Balaban J connectivity index is 2.49. The summed E-state index contributed by atoms with van der Waals surface area (Å²) in [5.74, 6) is 0.418. The Labute approximate surface area is 150 Å². The number of imidazole rings is 2. The zero-order valence-corrected chi connectivity index (χ0v) is 16.2. The van der Waals surface area contributed by atoms with Crippen LogP contribution in [0.3, 0.4) is 0 Å². The molecule has 0 amide bonds. The number of aromatic nitrogens is 5. The highest BCUT2D eigenvalue weighted by molar-refractivity contribution is 5.81. The Kier molecular flexibility index (Phi) is 4.37. The maximum atomic E-state index is 13.1. The minimum atomic E-state index is -0.820. The zero-order valence-electron chi connectivity index (χ0n) is 16.2. The van der Waals surface area contributed by atoms with E-state index < -0.39 is 17.3 Å². The number of hydrogen-bond acceptors (Lipinski definition) is 4. The minimum Gasteiger partial charge on any atom is -0.314 e. The third-order valence-corrected chi connectivity index (χ3v) is 5.29. The molecule has 0 fully saturated rings. The van der Waals surface area contributed by atoms with Crippen molar-refractivity contribution in [3.05, 3.63) is 32.2 Å². The summed E-state index contributed by atoms with van der Waals surface area (Å²) in [4.78, 5) is 42.2. The van der Waals surface area contributed by atoms with Gasteiger partial charge in [0.25, 0.3) is 5.56 Å². The third-order valence-electron chi connectivity index (χ3n) is 5.29. The first-order chi connectivity index (χ1) is 12.2. The lowest BCUT2D eigenvalue weighted by molar-refractivity contribution is -0.119. The molecule has 3 heterocycles. The Hall–Kier alpha value is -2.64. The predicted octanol–water partition coefficient (Wildman–Crippen LogP) is 1.72. The average Bonchev–Trinajstić information content (AvgIpc) is 3.08. The summed E-state index contributed by atoms with van der Waals surface area (Å²) in [5.41, 5.74) is 1.63. The van der Waals surface area contributed by atoms with E-state index in [1.807, 2.05) is 18.2 Å². The van der Waals surface area contributed by atoms with Crippen LogP contribution in [0.15, 0.2) is 9.59 Å². The summed E-state index contributed by atoms with van der Waals surface area (Å²) in [7, 11) is 1.58. The molecule has 1 atom stereocenters. The Morgan fingerprint density at radius 2 is 1.85 bits per heavy atom. The smallest absolute Gasteiger partial charge is 0.314 e. The molecule has 0 radical (unpaired) electrons. The van der Waals surface area contributed by atoms with Crippen molar-refractivity contribution in [1.82, 2.24) is 23.1 Å². The highest BCUT2D eigenvalue weighted by Crippen LogP contribution is 2.21. The van der Waals surface area contributed by atoms with Crippen LogP contribution in [0.4, 0.5) is 0 Å². The lowest BCUT2D eigenvalue weighted by atomic mass is 10.2. The second-order valence-corrected chi connectivity index (χ2v) is 6.90. The van der Waals surface area contributed by atoms with E-state index in [1.165, 1.54) is 11.5 Å². The number of carbonyl (C=O) groups excluding carboxylic acids is 1. The highest BCUT2D eigenvalue weighted by atomic mass is 16.2. The van der Waals surface area contributed by atoms with Crippen molar-refractivity contribution in [3.8, 4) is 0 Å². The van der Waals surface area contributed by atoms with Gasteiger partial charge >= 0.3 is 5.69 Å². The van der Waals surface area contributed by atoms with Crippen molar-refractivity contribution >= 4 is 22.7 Å². The normalized spacial score (nSPS) is 13.0. The van der Waals surface area contributed by atoms with Crippen LogP contribution in [0.1, 0.15) is 51.0 Å². The van der Waals surface area contributed by atoms with E-state index in [9.17, 15) is 14.4 Å². The molecule has 3 aromatic heterocycles. The van der Waals surface area contributed by atoms with Crippen molar-refractivity contribution in [3.63, 3.8) is 0 Å². The molecule has 0 spiro atoms. The van der Waals surface area contributed by atoms with Crippen molar-refractivity contribution in [2.45, 2.75) is 60.0 Å². The molecule has 0 N–H and O–H groups in total. The predicted molar refractivity (Wildman–Crippen MR) is 100.0 cm³/mol. The maximum Gasteiger partial charge on any atom is 0.333 e. The van der Waals surface area contributed by atoms with E-state index in [2.05, 4.69) is 16.5 Å². The van der Waals surface area contributed by atoms with Crippen LogP contribution < -0.4 is 11.2 Å². The molecule has 3 aromatic rings. The number of Topliss-reactive ketones (excluding diaryl/α,β-unsaturated/α-hetero) is 1. The van der Waals surface area contributed by atoms with Gasteiger partial charge in [0.1, 0.15) is 0 Å². The molecule has 0 saturated heterocycles. The molecule has 8 nitrogen and oxygen atoms in total. The van der Waals surface area contributed by atoms with Crippen molar-refractivity contribution in [2.24, 2.45) is 7.05 Å². The number of aryl methyl sites for hydroxylation is 3. The fourth-order valence-corrected chi connectivity index (χ4v) is 3.39. The van der Waals surface area contributed by atoms with E-state index in [-0.39, 0.29) is 5.78 Å². The summed E-state index contributed by atoms with van der Waals surface area (Å²) in [5, 5.41) is 0. The first-order valence-electron chi connectivity index (χ1n) is 8.92. The quantitative estimate of drug-likeness (QED) is 0.694. The van der Waals surface area contributed by atoms with Crippen molar-refractivity contribution in [2.75, 3.05) is 0 Å². The number of hydrogen-bond donors (Lipinski definition) is 0. The van der Waals surface area contributed by atoms with Crippen LogP contribution in [0.25, 0.3) is 16.9 Å². The monoisotopic (exact) mass is 359 g/mol. The number of rotatable bonds is 5. The lowest BCUT2D eigenvalue weighted by Crippen LogP contribution is -2.42. The fourth-order valence-electron chi connectivity index (χ4n) is 3.39. The van der Waals surface area contributed by atoms with Gasteiger partial charge in [0.2, 0.25) is 5.78 Å². The molecule has 3 rings (SSSR count). The van der Waals surface area contributed by atoms with E-state index in [4.69, 9.17) is 0 Å². The summed E-state index contributed by atoms with van der Waals surface area (Å²) in [6.45, 7) is 9.81. The number of carbonyl (C=O) groups is 1. The number of ketones is 1. The van der Waals surface area contributed by atoms with Crippen LogP contribution in [-0.2, 0) is 18.4 Å². The summed E-state index contributed by atoms with van der Waals surface area (Å²) in [6.07, 6.45) is 2.04. The topological polar surface area (TPSA) is 83.3 Å². The van der Waals surface area contributed by atoms with Gasteiger partial charge < -0.3 is 4.57 Å². The van der Waals surface area contributed by atoms with Gasteiger partial charge in [-0.25, -0.2) is 9.36 Å². The van der Waals surface area contributed by atoms with Gasteiger partial charge in [-0.05, 0) is 34.1 Å². The van der Waals surface area contributed by atoms with Gasteiger partial charge in [-0.15, -0.1) is 0 Å². The Morgan fingerprint density at radius 3 is 2.42 bits per heavy atom. The maximum absolute atomic E-state index is 13.1. The second-order valence-electron chi connectivity index (χ2n) is 6.90. The number of unbranched alkanes of at least 4 members (excludes halogenated alkanes) is 1. The molecule has 0 aliphatic carbocycles. The van der Waals surface area contributed by atoms with Crippen LogP contribution >= 0.6 is 0 Å². The van der Waals surface area contributed by atoms with E-state index in [0.29, 0.717) is 16.9 Å². The number of nitrogens with zero attached hydrogens (tertiary/aromatic N) is 5. The first kappa shape index (κ1) is 18.2. The molecule has 1 unspecified atom stereocenters. The molecule has 0 bridgehead atoms. The van der Waals surface area contributed by atoms with E-state index >= 15 is 0 Å². The summed E-state index contributed by atoms with van der Waals surface area (Å²) >= 11 is 0. The first-order valence-corrected chi connectivity index (χ1v) is 8.92. The molecule has 0 aromatic carbocycles. The van der Waals surface area contributed by atoms with Gasteiger partial charge in [0, 0.05) is 25.0 Å². The number of fused-ring (bicyclic) bond motifs is 3. The average molecular weight is 359 g/mol.